The molecule has 5 aliphatic rings. The Morgan fingerprint density at radius 2 is 1.79 bits per heavy atom. The molecule has 1 N–H and O–H groups in total. The molecule has 1 heterocycles. The number of hydrazine groups is 1. The highest BCUT2D eigenvalue weighted by molar-refractivity contribution is 8.26. The van der Waals surface area contributed by atoms with E-state index in [4.69, 9.17) is 17.0 Å². The van der Waals surface area contributed by atoms with Crippen LogP contribution in [0.5, 0.6) is 5.75 Å². The van der Waals surface area contributed by atoms with E-state index in [2.05, 4.69) is 5.43 Å². The van der Waals surface area contributed by atoms with E-state index < -0.39 is 0 Å². The van der Waals surface area contributed by atoms with Crippen LogP contribution in [0.15, 0.2) is 41.3 Å². The number of fused-ring (bicyclic) bond motifs is 1. The third-order valence-corrected chi connectivity index (χ3v) is 9.26. The van der Waals surface area contributed by atoms with Gasteiger partial charge in [0, 0.05) is 5.56 Å². The van der Waals surface area contributed by atoms with Crippen molar-refractivity contribution in [1.82, 2.24) is 10.4 Å². The molecule has 0 unspecified atom stereocenters. The molecule has 0 aromatic heterocycles. The number of methoxy groups -OCH3 is 1. The van der Waals surface area contributed by atoms with E-state index in [1.54, 1.807) is 7.11 Å². The van der Waals surface area contributed by atoms with Crippen LogP contribution in [-0.4, -0.2) is 28.3 Å². The van der Waals surface area contributed by atoms with Crippen molar-refractivity contribution in [2.24, 2.45) is 23.2 Å². The summed E-state index contributed by atoms with van der Waals surface area (Å²) in [5.74, 6) is 2.36. The first-order valence-electron chi connectivity index (χ1n) is 11.6. The van der Waals surface area contributed by atoms with Crippen molar-refractivity contribution in [1.29, 1.82) is 0 Å². The second-order valence-electron chi connectivity index (χ2n) is 10.1. The smallest absolute Gasteiger partial charge is 0.285 e. The van der Waals surface area contributed by atoms with Gasteiger partial charge in [-0.25, -0.2) is 0 Å². The van der Waals surface area contributed by atoms with Gasteiger partial charge < -0.3 is 4.74 Å². The van der Waals surface area contributed by atoms with Crippen molar-refractivity contribution >= 4 is 57.0 Å². The molecule has 4 aliphatic carbocycles. The molecule has 7 heteroatoms. The van der Waals surface area contributed by atoms with Crippen molar-refractivity contribution in [2.45, 2.75) is 38.5 Å². The van der Waals surface area contributed by atoms with Gasteiger partial charge in [0.05, 0.1) is 17.4 Å². The van der Waals surface area contributed by atoms with Crippen LogP contribution in [0, 0.1) is 23.2 Å². The maximum Gasteiger partial charge on any atom is 0.285 e. The summed E-state index contributed by atoms with van der Waals surface area (Å²) in [4.78, 5) is 27.3. The van der Waals surface area contributed by atoms with E-state index in [9.17, 15) is 9.59 Å². The minimum atomic E-state index is -0.333. The van der Waals surface area contributed by atoms with Crippen molar-refractivity contribution in [3.8, 4) is 5.75 Å². The van der Waals surface area contributed by atoms with E-state index >= 15 is 0 Å². The van der Waals surface area contributed by atoms with Gasteiger partial charge in [0.1, 0.15) is 5.75 Å². The number of hydrogen-bond acceptors (Lipinski definition) is 5. The molecule has 0 atom stereocenters. The zero-order chi connectivity index (χ0) is 22.7. The van der Waals surface area contributed by atoms with Gasteiger partial charge in [0.25, 0.3) is 5.91 Å². The number of carbonyl (C=O) groups excluding carboxylic acids is 2. The van der Waals surface area contributed by atoms with E-state index in [-0.39, 0.29) is 17.2 Å². The largest absolute Gasteiger partial charge is 0.496 e. The summed E-state index contributed by atoms with van der Waals surface area (Å²) in [6.07, 6.45) is 8.47. The lowest BCUT2D eigenvalue weighted by molar-refractivity contribution is -0.152. The monoisotopic (exact) mass is 478 g/mol. The Bertz CT molecular complexity index is 1190. The van der Waals surface area contributed by atoms with Crippen LogP contribution in [0.1, 0.15) is 44.1 Å². The lowest BCUT2D eigenvalue weighted by Gasteiger charge is -2.55. The van der Waals surface area contributed by atoms with Gasteiger partial charge in [-0.05, 0) is 91.4 Å². The number of ether oxygens (including phenoxy) is 1. The first-order chi connectivity index (χ1) is 16.0. The molecule has 170 valence electrons. The average Bonchev–Trinajstić information content (AvgIpc) is 3.06. The highest BCUT2D eigenvalue weighted by Gasteiger charge is 2.55. The summed E-state index contributed by atoms with van der Waals surface area (Å²) in [5, 5.41) is 3.35. The maximum absolute atomic E-state index is 13.5. The lowest BCUT2D eigenvalue weighted by atomic mass is 9.49. The summed E-state index contributed by atoms with van der Waals surface area (Å²) >= 11 is 6.73. The molecule has 0 radical (unpaired) electrons. The van der Waals surface area contributed by atoms with E-state index in [1.165, 1.54) is 36.0 Å². The minimum Gasteiger partial charge on any atom is -0.496 e. The molecule has 33 heavy (non-hydrogen) atoms. The topological polar surface area (TPSA) is 58.6 Å². The summed E-state index contributed by atoms with van der Waals surface area (Å²) in [5.41, 5.74) is 3.43. The zero-order valence-corrected chi connectivity index (χ0v) is 20.1. The van der Waals surface area contributed by atoms with Crippen molar-refractivity contribution < 1.29 is 14.3 Å². The third kappa shape index (κ3) is 3.48. The van der Waals surface area contributed by atoms with Crippen LogP contribution in [0.2, 0.25) is 0 Å². The Kier molecular flexibility index (Phi) is 5.03. The predicted octanol–water partition coefficient (Wildman–Crippen LogP) is 5.30. The molecule has 5 nitrogen and oxygen atoms in total. The van der Waals surface area contributed by atoms with Crippen LogP contribution in [0.4, 0.5) is 0 Å². The number of nitrogens with zero attached hydrogens (tertiary/aromatic N) is 1. The normalized spacial score (nSPS) is 31.6. The number of hydrogen-bond donors (Lipinski definition) is 1. The van der Waals surface area contributed by atoms with Crippen LogP contribution in [-0.2, 0) is 9.59 Å². The van der Waals surface area contributed by atoms with E-state index in [1.807, 2.05) is 42.5 Å². The Morgan fingerprint density at radius 3 is 2.45 bits per heavy atom. The summed E-state index contributed by atoms with van der Waals surface area (Å²) in [7, 11) is 1.62. The van der Waals surface area contributed by atoms with Gasteiger partial charge in [-0.1, -0.05) is 42.1 Å². The van der Waals surface area contributed by atoms with Crippen LogP contribution < -0.4 is 10.2 Å². The second-order valence-corrected chi connectivity index (χ2v) is 11.7. The second kappa shape index (κ2) is 7.84. The SMILES string of the molecule is COc1ccc2ccccc2c1/C=C1/SC(=S)N(NC(=O)C23CC4CC(CC(C4)C2)C3)C1=O. The van der Waals surface area contributed by atoms with E-state index in [0.717, 1.165) is 35.6 Å². The number of thiocarbonyl (C=S) groups is 1. The number of rotatable bonds is 4. The number of thioether (sulfide) groups is 1. The van der Waals surface area contributed by atoms with Crippen LogP contribution in [0.3, 0.4) is 0 Å². The number of benzene rings is 2. The zero-order valence-electron chi connectivity index (χ0n) is 18.5. The fourth-order valence-corrected chi connectivity index (χ4v) is 8.07. The van der Waals surface area contributed by atoms with Gasteiger partial charge >= 0.3 is 0 Å². The number of carbonyl (C=O) groups is 2. The highest BCUT2D eigenvalue weighted by Crippen LogP contribution is 2.60. The molecule has 7 rings (SSSR count). The van der Waals surface area contributed by atoms with Crippen molar-refractivity contribution in [3.63, 3.8) is 0 Å². The predicted molar refractivity (Wildman–Crippen MR) is 134 cm³/mol. The first-order valence-corrected chi connectivity index (χ1v) is 12.8. The standard InChI is InChI=1S/C26H26N2O3S2/c1-31-21-7-6-18-4-2-3-5-19(18)20(21)11-22-23(29)28(25(32)33-22)27-24(30)26-12-15-8-16(13-26)10-17(9-15)14-26/h2-7,11,15-17H,8-10,12-14H2,1H3,(H,27,30)/b22-11+. The Hall–Kier alpha value is -2.38. The van der Waals surface area contributed by atoms with Gasteiger partial charge in [-0.15, -0.1) is 0 Å². The molecular formula is C26H26N2O3S2. The average molecular weight is 479 g/mol. The minimum absolute atomic E-state index is 0.0260. The summed E-state index contributed by atoms with van der Waals surface area (Å²) < 4.78 is 5.94. The Balaban J connectivity index is 1.28. The molecular weight excluding hydrogens is 452 g/mol. The van der Waals surface area contributed by atoms with E-state index in [0.29, 0.717) is 32.7 Å². The third-order valence-electron chi connectivity index (χ3n) is 7.95. The lowest BCUT2D eigenvalue weighted by Crippen LogP contribution is -2.57. The quantitative estimate of drug-likeness (QED) is 0.478. The van der Waals surface area contributed by atoms with Gasteiger partial charge in [-0.3, -0.25) is 15.0 Å². The summed E-state index contributed by atoms with van der Waals surface area (Å²) in [6.45, 7) is 0. The Labute approximate surface area is 202 Å². The molecule has 0 spiro atoms. The molecule has 4 bridgehead atoms. The fraction of sp³-hybridized carbons (Fsp3) is 0.423. The van der Waals surface area contributed by atoms with Gasteiger partial charge in [0.15, 0.2) is 4.32 Å². The molecule has 1 aliphatic heterocycles. The first kappa shape index (κ1) is 21.2. The molecule has 4 saturated carbocycles. The van der Waals surface area contributed by atoms with Crippen LogP contribution >= 0.6 is 24.0 Å². The van der Waals surface area contributed by atoms with Crippen LogP contribution in [0.25, 0.3) is 16.8 Å². The highest BCUT2D eigenvalue weighted by atomic mass is 32.2. The fourth-order valence-electron chi connectivity index (χ4n) is 6.91. The Morgan fingerprint density at radius 1 is 1.12 bits per heavy atom. The van der Waals surface area contributed by atoms with Gasteiger partial charge in [0.2, 0.25) is 5.91 Å². The van der Waals surface area contributed by atoms with Gasteiger partial charge in [-0.2, -0.15) is 5.01 Å². The van der Waals surface area contributed by atoms with Crippen molar-refractivity contribution in [2.75, 3.05) is 7.11 Å². The molecule has 1 saturated heterocycles. The number of amides is 2. The summed E-state index contributed by atoms with van der Waals surface area (Å²) in [6, 6.07) is 11.9. The molecule has 5 fully saturated rings. The molecule has 2 amide bonds. The molecule has 2 aromatic rings. The maximum atomic E-state index is 13.5. The number of nitrogens with one attached hydrogen (secondary N) is 1. The molecule has 2 aromatic carbocycles. The van der Waals surface area contributed by atoms with Crippen molar-refractivity contribution in [3.05, 3.63) is 46.9 Å².